The van der Waals surface area contributed by atoms with Crippen molar-refractivity contribution in [2.75, 3.05) is 13.2 Å². The monoisotopic (exact) mass is 434 g/mol. The van der Waals surface area contributed by atoms with E-state index >= 15 is 0 Å². The van der Waals surface area contributed by atoms with E-state index in [1.165, 1.54) is 18.2 Å². The third kappa shape index (κ3) is 4.61. The van der Waals surface area contributed by atoms with E-state index in [-0.39, 0.29) is 22.9 Å². The predicted octanol–water partition coefficient (Wildman–Crippen LogP) is 5.02. The third-order valence-corrected chi connectivity index (χ3v) is 5.07. The van der Waals surface area contributed by atoms with Crippen LogP contribution in [0.5, 0.6) is 0 Å². The molecule has 1 atom stereocenters. The number of halogens is 3. The molecule has 1 saturated heterocycles. The molecule has 2 aromatic carbocycles. The van der Waals surface area contributed by atoms with Crippen LogP contribution in [-0.4, -0.2) is 25.2 Å². The molecule has 29 heavy (non-hydrogen) atoms. The Morgan fingerprint density at radius 1 is 1.17 bits per heavy atom. The number of hydrogen-bond acceptors (Lipinski definition) is 4. The first-order chi connectivity index (χ1) is 14.0. The number of nitrogens with zero attached hydrogens (tertiary/aromatic N) is 1. The van der Waals surface area contributed by atoms with Gasteiger partial charge in [0, 0.05) is 28.6 Å². The van der Waals surface area contributed by atoms with Crippen molar-refractivity contribution >= 4 is 45.8 Å². The minimum absolute atomic E-state index is 0.0171. The molecule has 3 aromatic rings. The molecular weight excluding hydrogens is 418 g/mol. The Balaban J connectivity index is 1.79. The van der Waals surface area contributed by atoms with Crippen LogP contribution >= 0.6 is 23.2 Å². The first-order valence-corrected chi connectivity index (χ1v) is 9.88. The van der Waals surface area contributed by atoms with Crippen molar-refractivity contribution < 1.29 is 18.3 Å². The highest BCUT2D eigenvalue weighted by Crippen LogP contribution is 2.23. The summed E-state index contributed by atoms with van der Waals surface area (Å²) >= 11 is 12.0. The van der Waals surface area contributed by atoms with E-state index in [0.29, 0.717) is 34.2 Å². The summed E-state index contributed by atoms with van der Waals surface area (Å²) in [6.07, 6.45) is 1.85. The molecule has 2 heterocycles. The van der Waals surface area contributed by atoms with Gasteiger partial charge < -0.3 is 14.5 Å². The van der Waals surface area contributed by atoms with Gasteiger partial charge in [0.2, 0.25) is 5.55 Å². The minimum atomic E-state index is -0.577. The molecule has 1 N–H and O–H groups in total. The first-order valence-electron chi connectivity index (χ1n) is 9.12. The van der Waals surface area contributed by atoms with Crippen LogP contribution in [0, 0.1) is 5.82 Å². The van der Waals surface area contributed by atoms with Crippen molar-refractivity contribution in [3.05, 3.63) is 69.4 Å². The molecule has 1 amide bonds. The Kier molecular flexibility index (Phi) is 5.85. The third-order valence-electron chi connectivity index (χ3n) is 4.60. The molecular formula is C21H17Cl2FN2O3. The maximum absolute atomic E-state index is 14.2. The zero-order chi connectivity index (χ0) is 20.4. The first kappa shape index (κ1) is 19.9. The molecule has 1 aliphatic rings. The van der Waals surface area contributed by atoms with Crippen LogP contribution in [-0.2, 0) is 4.74 Å². The summed E-state index contributed by atoms with van der Waals surface area (Å²) in [6.45, 7) is 1.07. The van der Waals surface area contributed by atoms with Gasteiger partial charge in [0.05, 0.1) is 6.10 Å². The topological polar surface area (TPSA) is 63.8 Å². The van der Waals surface area contributed by atoms with Crippen LogP contribution in [0.2, 0.25) is 10.0 Å². The fourth-order valence-corrected chi connectivity index (χ4v) is 3.48. The quantitative estimate of drug-likeness (QED) is 0.626. The molecule has 0 aliphatic carbocycles. The van der Waals surface area contributed by atoms with Crippen LogP contribution in [0.15, 0.2) is 51.9 Å². The largest absolute Gasteiger partial charge is 0.438 e. The van der Waals surface area contributed by atoms with E-state index in [0.717, 1.165) is 12.8 Å². The van der Waals surface area contributed by atoms with Gasteiger partial charge in [0.1, 0.15) is 22.7 Å². The van der Waals surface area contributed by atoms with E-state index in [2.05, 4.69) is 10.3 Å². The Bertz CT molecular complexity index is 1140. The van der Waals surface area contributed by atoms with Crippen molar-refractivity contribution in [3.8, 4) is 0 Å². The summed E-state index contributed by atoms with van der Waals surface area (Å²) in [4.78, 5) is 17.1. The molecule has 4 rings (SSSR count). The van der Waals surface area contributed by atoms with Gasteiger partial charge in [0.15, 0.2) is 0 Å². The number of fused-ring (bicyclic) bond motifs is 1. The second-order valence-corrected chi connectivity index (χ2v) is 7.57. The highest BCUT2D eigenvalue weighted by molar-refractivity contribution is 6.31. The summed E-state index contributed by atoms with van der Waals surface area (Å²) in [6, 6.07) is 10.6. The highest BCUT2D eigenvalue weighted by atomic mass is 35.5. The molecule has 0 spiro atoms. The van der Waals surface area contributed by atoms with E-state index in [4.69, 9.17) is 32.4 Å². The molecule has 0 radical (unpaired) electrons. The van der Waals surface area contributed by atoms with Crippen LogP contribution in [0.25, 0.3) is 11.0 Å². The molecule has 5 nitrogen and oxygen atoms in total. The molecule has 8 heteroatoms. The van der Waals surface area contributed by atoms with Gasteiger partial charge >= 0.3 is 0 Å². The van der Waals surface area contributed by atoms with Crippen molar-refractivity contribution in [2.45, 2.75) is 18.9 Å². The van der Waals surface area contributed by atoms with Crippen molar-refractivity contribution in [2.24, 2.45) is 4.99 Å². The number of carbonyl (C=O) groups is 1. The molecule has 1 fully saturated rings. The van der Waals surface area contributed by atoms with E-state index in [1.807, 2.05) is 0 Å². The second-order valence-electron chi connectivity index (χ2n) is 6.70. The number of rotatable bonds is 4. The fraction of sp³-hybridized carbons (Fsp3) is 0.238. The number of amides is 1. The van der Waals surface area contributed by atoms with Gasteiger partial charge in [-0.2, -0.15) is 0 Å². The number of carbonyl (C=O) groups excluding carboxylic acids is 1. The molecule has 1 aliphatic heterocycles. The summed E-state index contributed by atoms with van der Waals surface area (Å²) in [7, 11) is 0. The summed E-state index contributed by atoms with van der Waals surface area (Å²) in [5, 5.41) is 4.29. The van der Waals surface area contributed by atoms with Crippen LogP contribution in [0.1, 0.15) is 23.2 Å². The van der Waals surface area contributed by atoms with E-state index in [9.17, 15) is 9.18 Å². The molecule has 0 saturated carbocycles. The standard InChI is InChI=1S/C21H17Cl2FN2O3/c22-13-4-6-19-12(8-13)9-16(20(27)25-11-15-2-1-7-28-15)21(29-19)26-18-10-14(23)3-5-17(18)24/h3-6,8-10,15H,1-2,7,11H2,(H,25,27). The normalized spacial score (nSPS) is 17.1. The van der Waals surface area contributed by atoms with E-state index < -0.39 is 11.7 Å². The number of hydrogen-bond donors (Lipinski definition) is 1. The maximum Gasteiger partial charge on any atom is 0.256 e. The number of nitrogens with one attached hydrogen (secondary N) is 1. The van der Waals surface area contributed by atoms with Crippen molar-refractivity contribution in [1.29, 1.82) is 0 Å². The summed E-state index contributed by atoms with van der Waals surface area (Å²) in [5.41, 5.74) is 0.581. The number of ether oxygens (including phenoxy) is 1. The van der Waals surface area contributed by atoms with Crippen molar-refractivity contribution in [1.82, 2.24) is 5.32 Å². The predicted molar refractivity (Wildman–Crippen MR) is 109 cm³/mol. The van der Waals surface area contributed by atoms with Gasteiger partial charge in [-0.1, -0.05) is 23.2 Å². The molecule has 0 bridgehead atoms. The summed E-state index contributed by atoms with van der Waals surface area (Å²) in [5.74, 6) is -0.973. The van der Waals surface area contributed by atoms with Gasteiger partial charge in [-0.05, 0) is 55.3 Å². The zero-order valence-electron chi connectivity index (χ0n) is 15.3. The Labute approximate surface area is 176 Å². The van der Waals surface area contributed by atoms with Crippen molar-refractivity contribution in [3.63, 3.8) is 0 Å². The lowest BCUT2D eigenvalue weighted by Gasteiger charge is -2.11. The average molecular weight is 435 g/mol. The smallest absolute Gasteiger partial charge is 0.256 e. The lowest BCUT2D eigenvalue weighted by molar-refractivity contribution is 0.0854. The maximum atomic E-state index is 14.2. The summed E-state index contributed by atoms with van der Waals surface area (Å²) < 4.78 is 25.5. The average Bonchev–Trinajstić information content (AvgIpc) is 3.22. The van der Waals surface area contributed by atoms with Gasteiger partial charge in [-0.15, -0.1) is 0 Å². The van der Waals surface area contributed by atoms with Gasteiger partial charge in [0.25, 0.3) is 5.91 Å². The lowest BCUT2D eigenvalue weighted by Crippen LogP contribution is -2.34. The lowest BCUT2D eigenvalue weighted by atomic mass is 10.1. The Morgan fingerprint density at radius 2 is 1.97 bits per heavy atom. The Morgan fingerprint density at radius 3 is 2.76 bits per heavy atom. The Hall–Kier alpha value is -2.41. The molecule has 1 unspecified atom stereocenters. The van der Waals surface area contributed by atoms with Gasteiger partial charge in [-0.25, -0.2) is 9.38 Å². The minimum Gasteiger partial charge on any atom is -0.438 e. The molecule has 1 aromatic heterocycles. The number of benzene rings is 2. The SMILES string of the molecule is O=C(NCC1CCCO1)c1cc2cc(Cl)ccc2oc1=Nc1cc(Cl)ccc1F. The van der Waals surface area contributed by atoms with E-state index in [1.54, 1.807) is 24.3 Å². The van der Waals surface area contributed by atoms with Crippen LogP contribution in [0.3, 0.4) is 0 Å². The second kappa shape index (κ2) is 8.53. The van der Waals surface area contributed by atoms with Crippen LogP contribution < -0.4 is 10.9 Å². The highest BCUT2D eigenvalue weighted by Gasteiger charge is 2.19. The van der Waals surface area contributed by atoms with Gasteiger partial charge in [-0.3, -0.25) is 4.79 Å². The van der Waals surface area contributed by atoms with Crippen LogP contribution in [0.4, 0.5) is 10.1 Å². The zero-order valence-corrected chi connectivity index (χ0v) is 16.8. The molecule has 150 valence electrons. The fourth-order valence-electron chi connectivity index (χ4n) is 3.14.